The van der Waals surface area contributed by atoms with Gasteiger partial charge in [-0.15, -0.1) is 0 Å². The summed E-state index contributed by atoms with van der Waals surface area (Å²) in [6.07, 6.45) is 3.26. The van der Waals surface area contributed by atoms with E-state index in [4.69, 9.17) is 5.73 Å². The van der Waals surface area contributed by atoms with Crippen LogP contribution in [0.3, 0.4) is 0 Å². The molecule has 2 N–H and O–H groups in total. The van der Waals surface area contributed by atoms with Crippen LogP contribution >= 0.6 is 0 Å². The van der Waals surface area contributed by atoms with Gasteiger partial charge in [0.25, 0.3) is 0 Å². The molecule has 0 bridgehead atoms. The van der Waals surface area contributed by atoms with Gasteiger partial charge in [-0.05, 0) is 54.3 Å². The molecule has 1 amide bonds. The maximum absolute atomic E-state index is 13.0. The maximum Gasteiger partial charge on any atom is 0.237 e. The predicted octanol–water partition coefficient (Wildman–Crippen LogP) is 3.32. The third-order valence-corrected chi connectivity index (χ3v) is 6.22. The molecule has 2 unspecified atom stereocenters. The SMILES string of the molecule is CC1(CN)CCN(CC(=O)N2CCCC2c2ccc(C(C)(C)C)cc2)C1. The number of benzene rings is 1. The maximum atomic E-state index is 13.0. The standard InChI is InChI=1S/C22H35N3O/c1-21(2,3)18-9-7-17(8-10-18)19-6-5-12-25(19)20(26)14-24-13-11-22(4,15-23)16-24/h7-10,19H,5-6,11-16,23H2,1-4H3. The van der Waals surface area contributed by atoms with Crippen molar-refractivity contribution in [1.82, 2.24) is 9.80 Å². The zero-order valence-electron chi connectivity index (χ0n) is 16.9. The summed E-state index contributed by atoms with van der Waals surface area (Å²) in [5, 5.41) is 0. The molecule has 2 fully saturated rings. The van der Waals surface area contributed by atoms with E-state index < -0.39 is 0 Å². The average molecular weight is 358 g/mol. The van der Waals surface area contributed by atoms with Crippen LogP contribution in [0.15, 0.2) is 24.3 Å². The van der Waals surface area contributed by atoms with Gasteiger partial charge in [0.2, 0.25) is 5.91 Å². The van der Waals surface area contributed by atoms with E-state index in [1.165, 1.54) is 11.1 Å². The summed E-state index contributed by atoms with van der Waals surface area (Å²) in [6.45, 7) is 13.0. The average Bonchev–Trinajstić information content (AvgIpc) is 3.22. The van der Waals surface area contributed by atoms with Crippen LogP contribution in [-0.2, 0) is 10.2 Å². The molecule has 1 aromatic carbocycles. The molecule has 2 heterocycles. The van der Waals surface area contributed by atoms with Crippen LogP contribution in [0.5, 0.6) is 0 Å². The lowest BCUT2D eigenvalue weighted by atomic mass is 9.86. The van der Waals surface area contributed by atoms with Crippen LogP contribution in [0.2, 0.25) is 0 Å². The Labute approximate surface area is 158 Å². The van der Waals surface area contributed by atoms with Gasteiger partial charge in [-0.3, -0.25) is 9.69 Å². The van der Waals surface area contributed by atoms with Crippen molar-refractivity contribution in [1.29, 1.82) is 0 Å². The number of likely N-dealkylation sites (tertiary alicyclic amines) is 2. The van der Waals surface area contributed by atoms with E-state index in [1.54, 1.807) is 0 Å². The van der Waals surface area contributed by atoms with Crippen molar-refractivity contribution in [2.45, 2.75) is 58.4 Å². The molecule has 2 aliphatic rings. The zero-order valence-corrected chi connectivity index (χ0v) is 16.9. The molecule has 4 heteroatoms. The van der Waals surface area contributed by atoms with Crippen molar-refractivity contribution in [2.75, 3.05) is 32.7 Å². The molecule has 0 radical (unpaired) electrons. The number of nitrogens with two attached hydrogens (primary N) is 1. The lowest BCUT2D eigenvalue weighted by Crippen LogP contribution is -2.40. The summed E-state index contributed by atoms with van der Waals surface area (Å²) < 4.78 is 0. The Morgan fingerprint density at radius 2 is 1.92 bits per heavy atom. The molecular formula is C22H35N3O. The number of carbonyl (C=O) groups is 1. The van der Waals surface area contributed by atoms with Crippen molar-refractivity contribution in [2.24, 2.45) is 11.1 Å². The lowest BCUT2D eigenvalue weighted by Gasteiger charge is -2.29. The molecule has 0 saturated carbocycles. The molecule has 144 valence electrons. The summed E-state index contributed by atoms with van der Waals surface area (Å²) in [5.41, 5.74) is 8.86. The molecule has 0 aromatic heterocycles. The highest BCUT2D eigenvalue weighted by atomic mass is 16.2. The summed E-state index contributed by atoms with van der Waals surface area (Å²) in [6, 6.07) is 9.13. The van der Waals surface area contributed by atoms with E-state index in [0.29, 0.717) is 13.1 Å². The summed E-state index contributed by atoms with van der Waals surface area (Å²) in [5.74, 6) is 0.272. The highest BCUT2D eigenvalue weighted by molar-refractivity contribution is 5.79. The number of carbonyl (C=O) groups excluding carboxylic acids is 1. The van der Waals surface area contributed by atoms with Gasteiger partial charge >= 0.3 is 0 Å². The monoisotopic (exact) mass is 357 g/mol. The second kappa shape index (κ2) is 7.32. The number of amides is 1. The molecule has 3 rings (SSSR count). The van der Waals surface area contributed by atoms with E-state index in [0.717, 1.165) is 38.9 Å². The molecule has 0 aliphatic carbocycles. The van der Waals surface area contributed by atoms with Crippen molar-refractivity contribution in [3.05, 3.63) is 35.4 Å². The van der Waals surface area contributed by atoms with Crippen LogP contribution in [0.4, 0.5) is 0 Å². The molecule has 26 heavy (non-hydrogen) atoms. The Balaban J connectivity index is 1.65. The van der Waals surface area contributed by atoms with E-state index in [2.05, 4.69) is 61.8 Å². The van der Waals surface area contributed by atoms with Crippen molar-refractivity contribution >= 4 is 5.91 Å². The topological polar surface area (TPSA) is 49.6 Å². The summed E-state index contributed by atoms with van der Waals surface area (Å²) in [4.78, 5) is 17.3. The van der Waals surface area contributed by atoms with E-state index in [9.17, 15) is 4.79 Å². The Morgan fingerprint density at radius 3 is 2.50 bits per heavy atom. The molecule has 2 aliphatic heterocycles. The van der Waals surface area contributed by atoms with Gasteiger partial charge in [0.05, 0.1) is 12.6 Å². The van der Waals surface area contributed by atoms with E-state index in [1.807, 2.05) is 0 Å². The summed E-state index contributed by atoms with van der Waals surface area (Å²) in [7, 11) is 0. The van der Waals surface area contributed by atoms with Crippen LogP contribution < -0.4 is 5.73 Å². The first-order chi connectivity index (χ1) is 12.2. The van der Waals surface area contributed by atoms with E-state index >= 15 is 0 Å². The fourth-order valence-corrected chi connectivity index (χ4v) is 4.33. The van der Waals surface area contributed by atoms with Crippen molar-refractivity contribution in [3.63, 3.8) is 0 Å². The van der Waals surface area contributed by atoms with Crippen molar-refractivity contribution < 1.29 is 4.79 Å². The number of hydrogen-bond acceptors (Lipinski definition) is 3. The minimum atomic E-state index is 0.162. The highest BCUT2D eigenvalue weighted by Gasteiger charge is 2.36. The second-order valence-corrected chi connectivity index (χ2v) is 9.59. The van der Waals surface area contributed by atoms with Gasteiger partial charge in [-0.1, -0.05) is 52.0 Å². The number of nitrogens with zero attached hydrogens (tertiary/aromatic N) is 2. The van der Waals surface area contributed by atoms with Crippen molar-refractivity contribution in [3.8, 4) is 0 Å². The molecule has 1 aromatic rings. The quantitative estimate of drug-likeness (QED) is 0.899. The Bertz CT molecular complexity index is 634. The number of rotatable bonds is 4. The van der Waals surface area contributed by atoms with Gasteiger partial charge in [0, 0.05) is 13.1 Å². The normalized spacial score (nSPS) is 27.3. The molecular weight excluding hydrogens is 322 g/mol. The first-order valence-corrected chi connectivity index (χ1v) is 10.0. The first-order valence-electron chi connectivity index (χ1n) is 10.0. The minimum Gasteiger partial charge on any atom is -0.335 e. The zero-order chi connectivity index (χ0) is 18.9. The Hall–Kier alpha value is -1.39. The predicted molar refractivity (Wildman–Crippen MR) is 107 cm³/mol. The van der Waals surface area contributed by atoms with Gasteiger partial charge in [0.1, 0.15) is 0 Å². The molecule has 0 spiro atoms. The Kier molecular flexibility index (Phi) is 5.45. The van der Waals surface area contributed by atoms with Crippen LogP contribution in [0.1, 0.15) is 64.1 Å². The third kappa shape index (κ3) is 4.12. The first kappa shape index (κ1) is 19.4. The highest BCUT2D eigenvalue weighted by Crippen LogP contribution is 2.34. The lowest BCUT2D eigenvalue weighted by molar-refractivity contribution is -0.133. The largest absolute Gasteiger partial charge is 0.335 e. The Morgan fingerprint density at radius 1 is 1.23 bits per heavy atom. The molecule has 4 nitrogen and oxygen atoms in total. The molecule has 2 atom stereocenters. The fraction of sp³-hybridized carbons (Fsp3) is 0.682. The van der Waals surface area contributed by atoms with Gasteiger partial charge in [0.15, 0.2) is 0 Å². The smallest absolute Gasteiger partial charge is 0.237 e. The van der Waals surface area contributed by atoms with Gasteiger partial charge < -0.3 is 10.6 Å². The number of hydrogen-bond donors (Lipinski definition) is 1. The second-order valence-electron chi connectivity index (χ2n) is 9.59. The van der Waals surface area contributed by atoms with Gasteiger partial charge in [-0.25, -0.2) is 0 Å². The van der Waals surface area contributed by atoms with Crippen LogP contribution in [0.25, 0.3) is 0 Å². The third-order valence-electron chi connectivity index (χ3n) is 6.22. The van der Waals surface area contributed by atoms with E-state index in [-0.39, 0.29) is 22.8 Å². The minimum absolute atomic E-state index is 0.162. The molecule has 2 saturated heterocycles. The summed E-state index contributed by atoms with van der Waals surface area (Å²) >= 11 is 0. The fourth-order valence-electron chi connectivity index (χ4n) is 4.33. The van der Waals surface area contributed by atoms with Crippen LogP contribution in [-0.4, -0.2) is 48.4 Å². The van der Waals surface area contributed by atoms with Gasteiger partial charge in [-0.2, -0.15) is 0 Å². The van der Waals surface area contributed by atoms with Crippen LogP contribution in [0, 0.1) is 5.41 Å².